The number of benzene rings is 2. The van der Waals surface area contributed by atoms with Crippen molar-refractivity contribution in [2.24, 2.45) is 5.41 Å². The van der Waals surface area contributed by atoms with Gasteiger partial charge in [-0.2, -0.15) is 0 Å². The Bertz CT molecular complexity index is 1010. The molecule has 1 saturated heterocycles. The van der Waals surface area contributed by atoms with Crippen molar-refractivity contribution in [2.75, 3.05) is 20.2 Å². The highest BCUT2D eigenvalue weighted by Gasteiger charge is 2.66. The maximum atomic E-state index is 14.1. The first-order chi connectivity index (χ1) is 15.2. The second-order valence-corrected chi connectivity index (χ2v) is 9.54. The number of nitrogens with one attached hydrogen (secondary N) is 1. The number of carbonyl (C=O) groups is 1. The highest BCUT2D eigenvalue weighted by atomic mass is 16.5. The molecule has 2 aliphatic rings. The third-order valence-corrected chi connectivity index (χ3v) is 7.15. The molecule has 0 bridgehead atoms. The van der Waals surface area contributed by atoms with Crippen LogP contribution in [0.1, 0.15) is 56.5 Å². The van der Waals surface area contributed by atoms with Crippen molar-refractivity contribution in [1.82, 2.24) is 5.32 Å². The van der Waals surface area contributed by atoms with Crippen LogP contribution in [0.25, 0.3) is 0 Å². The van der Waals surface area contributed by atoms with Crippen molar-refractivity contribution in [3.05, 3.63) is 53.6 Å². The van der Waals surface area contributed by atoms with Gasteiger partial charge in [0.2, 0.25) is 0 Å². The van der Waals surface area contributed by atoms with Crippen molar-refractivity contribution in [3.63, 3.8) is 0 Å². The maximum absolute atomic E-state index is 14.1. The topological polar surface area (TPSA) is 77.0 Å². The van der Waals surface area contributed by atoms with Gasteiger partial charge in [-0.15, -0.1) is 0 Å². The number of piperidine rings is 1. The predicted molar refractivity (Wildman–Crippen MR) is 123 cm³/mol. The number of para-hydroxylation sites is 1. The summed E-state index contributed by atoms with van der Waals surface area (Å²) in [7, 11) is 1.54. The highest BCUT2D eigenvalue weighted by Crippen LogP contribution is 2.59. The molecule has 2 heterocycles. The number of carbonyl (C=O) groups excluding carboxylic acids is 1. The van der Waals surface area contributed by atoms with E-state index in [2.05, 4.69) is 5.32 Å². The average Bonchev–Trinajstić information content (AvgIpc) is 2.78. The Kier molecular flexibility index (Phi) is 5.72. The minimum absolute atomic E-state index is 0.0318. The van der Waals surface area contributed by atoms with Crippen LogP contribution in [0.5, 0.6) is 17.2 Å². The van der Waals surface area contributed by atoms with Gasteiger partial charge in [0.05, 0.1) is 13.2 Å². The normalized spacial score (nSPS) is 23.3. The van der Waals surface area contributed by atoms with Gasteiger partial charge in [0, 0.05) is 29.4 Å². The standard InChI is InChI=1S/C26H33NO5/c1-17(2)31-21-11-10-18(16-22(21)30-5)23(28)26(29)19-8-6-7-9-20(19)32-25(24(26,3)4)12-14-27-15-13-25/h6-11,16-17,27,29H,12-15H2,1-5H3. The minimum atomic E-state index is -1.77. The Morgan fingerprint density at radius 1 is 1.09 bits per heavy atom. The van der Waals surface area contributed by atoms with E-state index in [4.69, 9.17) is 14.2 Å². The summed E-state index contributed by atoms with van der Waals surface area (Å²) in [5.74, 6) is 1.22. The molecule has 1 unspecified atom stereocenters. The Hall–Kier alpha value is -2.57. The lowest BCUT2D eigenvalue weighted by Gasteiger charge is -2.58. The zero-order valence-corrected chi connectivity index (χ0v) is 19.5. The fourth-order valence-electron chi connectivity index (χ4n) is 5.19. The first-order valence-electron chi connectivity index (χ1n) is 11.3. The summed E-state index contributed by atoms with van der Waals surface area (Å²) in [6.07, 6.45) is 1.37. The SMILES string of the molecule is COc1cc(C(=O)C2(O)c3ccccc3OC3(CCNCC3)C2(C)C)ccc1OC(C)C. The smallest absolute Gasteiger partial charge is 0.199 e. The molecular weight excluding hydrogens is 406 g/mol. The molecule has 0 aliphatic carbocycles. The second kappa shape index (κ2) is 8.09. The van der Waals surface area contributed by atoms with Crippen LogP contribution in [0.2, 0.25) is 0 Å². The molecule has 0 amide bonds. The number of methoxy groups -OCH3 is 1. The zero-order chi connectivity index (χ0) is 23.1. The van der Waals surface area contributed by atoms with E-state index in [1.165, 1.54) is 0 Å². The highest BCUT2D eigenvalue weighted by molar-refractivity contribution is 6.04. The van der Waals surface area contributed by atoms with Crippen LogP contribution < -0.4 is 19.5 Å². The fraction of sp³-hybridized carbons (Fsp3) is 0.500. The van der Waals surface area contributed by atoms with Crippen molar-refractivity contribution in [3.8, 4) is 17.2 Å². The van der Waals surface area contributed by atoms with Gasteiger partial charge in [-0.25, -0.2) is 0 Å². The monoisotopic (exact) mass is 439 g/mol. The first-order valence-corrected chi connectivity index (χ1v) is 11.3. The van der Waals surface area contributed by atoms with Crippen molar-refractivity contribution < 1.29 is 24.1 Å². The number of hydrogen-bond acceptors (Lipinski definition) is 6. The number of fused-ring (bicyclic) bond motifs is 1. The molecule has 6 heteroatoms. The van der Waals surface area contributed by atoms with Crippen molar-refractivity contribution in [2.45, 2.75) is 57.8 Å². The predicted octanol–water partition coefficient (Wildman–Crippen LogP) is 4.09. The summed E-state index contributed by atoms with van der Waals surface area (Å²) in [6.45, 7) is 9.29. The van der Waals surface area contributed by atoms with E-state index in [9.17, 15) is 9.90 Å². The van der Waals surface area contributed by atoms with Crippen molar-refractivity contribution in [1.29, 1.82) is 0 Å². The molecule has 4 rings (SSSR count). The molecule has 0 radical (unpaired) electrons. The van der Waals surface area contributed by atoms with Gasteiger partial charge in [0.25, 0.3) is 0 Å². The Morgan fingerprint density at radius 3 is 2.44 bits per heavy atom. The summed E-state index contributed by atoms with van der Waals surface area (Å²) >= 11 is 0. The van der Waals surface area contributed by atoms with Gasteiger partial charge in [-0.3, -0.25) is 4.79 Å². The summed E-state index contributed by atoms with van der Waals surface area (Å²) in [6, 6.07) is 12.4. The molecule has 172 valence electrons. The molecule has 2 N–H and O–H groups in total. The molecule has 2 aromatic carbocycles. The lowest BCUT2D eigenvalue weighted by molar-refractivity contribution is -0.179. The first kappa shape index (κ1) is 22.6. The molecule has 32 heavy (non-hydrogen) atoms. The van der Waals surface area contributed by atoms with E-state index in [1.807, 2.05) is 45.9 Å². The van der Waals surface area contributed by atoms with Crippen molar-refractivity contribution >= 4 is 5.78 Å². The van der Waals surface area contributed by atoms with Gasteiger partial charge in [0.15, 0.2) is 22.9 Å². The lowest BCUT2D eigenvalue weighted by atomic mass is 9.55. The molecule has 2 aromatic rings. The Morgan fingerprint density at radius 2 is 1.78 bits per heavy atom. The molecule has 1 fully saturated rings. The summed E-state index contributed by atoms with van der Waals surface area (Å²) in [5.41, 5.74) is -2.45. The molecular formula is C26H33NO5. The van der Waals surface area contributed by atoms with Gasteiger partial charge >= 0.3 is 0 Å². The number of rotatable bonds is 5. The van der Waals surface area contributed by atoms with Crippen LogP contribution in [0.3, 0.4) is 0 Å². The number of hydrogen-bond donors (Lipinski definition) is 2. The molecule has 0 saturated carbocycles. The average molecular weight is 440 g/mol. The molecule has 0 aromatic heterocycles. The fourth-order valence-corrected chi connectivity index (χ4v) is 5.19. The Balaban J connectivity index is 1.86. The van der Waals surface area contributed by atoms with Crippen LogP contribution in [0.15, 0.2) is 42.5 Å². The van der Waals surface area contributed by atoms with Gasteiger partial charge in [-0.05, 0) is 51.2 Å². The zero-order valence-electron chi connectivity index (χ0n) is 19.5. The van der Waals surface area contributed by atoms with Crippen LogP contribution in [-0.4, -0.2) is 42.8 Å². The third-order valence-electron chi connectivity index (χ3n) is 7.15. The van der Waals surface area contributed by atoms with E-state index in [-0.39, 0.29) is 11.9 Å². The minimum Gasteiger partial charge on any atom is -0.493 e. The van der Waals surface area contributed by atoms with Gasteiger partial charge < -0.3 is 24.6 Å². The second-order valence-electron chi connectivity index (χ2n) is 9.54. The molecule has 6 nitrogen and oxygen atoms in total. The van der Waals surface area contributed by atoms with E-state index >= 15 is 0 Å². The summed E-state index contributed by atoms with van der Waals surface area (Å²) in [5, 5.41) is 15.7. The summed E-state index contributed by atoms with van der Waals surface area (Å²) < 4.78 is 17.9. The molecule has 1 atom stereocenters. The number of ether oxygens (including phenoxy) is 3. The van der Waals surface area contributed by atoms with E-state index in [0.29, 0.717) is 41.2 Å². The number of aliphatic hydroxyl groups is 1. The van der Waals surface area contributed by atoms with Crippen LogP contribution in [0, 0.1) is 5.41 Å². The quantitative estimate of drug-likeness (QED) is 0.684. The largest absolute Gasteiger partial charge is 0.493 e. The van der Waals surface area contributed by atoms with Gasteiger partial charge in [0.1, 0.15) is 11.4 Å². The van der Waals surface area contributed by atoms with Gasteiger partial charge in [-0.1, -0.05) is 32.0 Å². The maximum Gasteiger partial charge on any atom is 0.199 e. The van der Waals surface area contributed by atoms with Crippen LogP contribution >= 0.6 is 0 Å². The Labute approximate surface area is 189 Å². The van der Waals surface area contributed by atoms with E-state index < -0.39 is 16.6 Å². The third kappa shape index (κ3) is 3.28. The van der Waals surface area contributed by atoms with Crippen LogP contribution in [-0.2, 0) is 5.60 Å². The molecule has 1 spiro atoms. The number of ketones is 1. The van der Waals surface area contributed by atoms with Crippen LogP contribution in [0.4, 0.5) is 0 Å². The van der Waals surface area contributed by atoms with E-state index in [1.54, 1.807) is 31.4 Å². The summed E-state index contributed by atoms with van der Waals surface area (Å²) in [4.78, 5) is 14.1. The lowest BCUT2D eigenvalue weighted by Crippen LogP contribution is -2.68. The van der Waals surface area contributed by atoms with E-state index in [0.717, 1.165) is 13.1 Å². The molecule has 2 aliphatic heterocycles. The number of Topliss-reactive ketones (excluding diaryl/α,β-unsaturated/α-hetero) is 1.